The van der Waals surface area contributed by atoms with Gasteiger partial charge in [0, 0.05) is 14.1 Å². The van der Waals surface area contributed by atoms with Gasteiger partial charge in [0.15, 0.2) is 0 Å². The van der Waals surface area contributed by atoms with Gasteiger partial charge < -0.3 is 0 Å². The lowest BCUT2D eigenvalue weighted by Gasteiger charge is -2.20. The van der Waals surface area contributed by atoms with Crippen molar-refractivity contribution >= 4 is 11.8 Å². The van der Waals surface area contributed by atoms with Crippen molar-refractivity contribution in [1.29, 1.82) is 0 Å². The minimum Gasteiger partial charge on any atom is -0.263 e. The molecule has 0 aliphatic carbocycles. The summed E-state index contributed by atoms with van der Waals surface area (Å²) in [4.78, 5) is 36.0. The number of likely N-dealkylation sites (N-methyl/N-ethyl adjacent to an activating group) is 2. The Morgan fingerprint density at radius 1 is 1.00 bits per heavy atom. The molecule has 112 valence electrons. The van der Waals surface area contributed by atoms with Crippen LogP contribution < -0.4 is 0 Å². The van der Waals surface area contributed by atoms with Crippen molar-refractivity contribution in [2.24, 2.45) is 0 Å². The van der Waals surface area contributed by atoms with Gasteiger partial charge in [0.2, 0.25) is 0 Å². The Morgan fingerprint density at radius 3 is 1.71 bits per heavy atom. The van der Waals surface area contributed by atoms with Crippen LogP contribution in [0.15, 0.2) is 12.1 Å². The molecule has 2 amide bonds. The lowest BCUT2D eigenvalue weighted by Crippen LogP contribution is -2.49. The van der Waals surface area contributed by atoms with Crippen LogP contribution in [-0.4, -0.2) is 40.9 Å². The summed E-state index contributed by atoms with van der Waals surface area (Å²) in [6.07, 6.45) is 0. The van der Waals surface area contributed by atoms with E-state index in [1.54, 1.807) is 26.0 Å². The lowest BCUT2D eigenvalue weighted by atomic mass is 9.82. The molecule has 1 fully saturated rings. The summed E-state index contributed by atoms with van der Waals surface area (Å²) in [7, 11) is 2.70. The van der Waals surface area contributed by atoms with Gasteiger partial charge in [-0.15, -0.1) is 0 Å². The fourth-order valence-electron chi connectivity index (χ4n) is 3.04. The lowest BCUT2D eigenvalue weighted by molar-refractivity contribution is -0.542. The zero-order valence-electron chi connectivity index (χ0n) is 12.6. The van der Waals surface area contributed by atoms with E-state index in [0.717, 1.165) is 15.6 Å². The molecule has 1 saturated heterocycles. The molecule has 2 rings (SSSR count). The highest BCUT2D eigenvalue weighted by atomic mass is 16.6. The van der Waals surface area contributed by atoms with Crippen LogP contribution in [0, 0.1) is 30.9 Å². The van der Waals surface area contributed by atoms with Gasteiger partial charge in [-0.25, -0.2) is 10.0 Å². The summed E-state index contributed by atoms with van der Waals surface area (Å²) in [5.41, 5.74) is -0.161. The van der Waals surface area contributed by atoms with Crippen LogP contribution in [0.5, 0.6) is 0 Å². The Bertz CT molecular complexity index is 625. The number of carbonyl (C=O) groups excluding carboxylic acids is 2. The van der Waals surface area contributed by atoms with Crippen molar-refractivity contribution < 1.29 is 14.5 Å². The first-order valence-corrected chi connectivity index (χ1v) is 6.44. The fourth-order valence-corrected chi connectivity index (χ4v) is 3.04. The molecular weight excluding hydrogens is 274 g/mol. The van der Waals surface area contributed by atoms with Crippen LogP contribution in [0.3, 0.4) is 0 Å². The van der Waals surface area contributed by atoms with Gasteiger partial charge in [-0.2, -0.15) is 0 Å². The average Bonchev–Trinajstić information content (AvgIpc) is 2.53. The molecule has 1 aliphatic rings. The molecule has 1 aromatic rings. The monoisotopic (exact) mass is 291 g/mol. The molecule has 0 spiro atoms. The van der Waals surface area contributed by atoms with E-state index in [2.05, 4.69) is 0 Å². The van der Waals surface area contributed by atoms with E-state index in [9.17, 15) is 19.7 Å². The SMILES string of the molecule is Cc1cc(C)c(C2([N+](=O)[O-])C(=O)N(C)N(C)C2=O)c(C)c1. The molecule has 7 nitrogen and oxygen atoms in total. The zero-order valence-corrected chi connectivity index (χ0v) is 12.6. The third-order valence-corrected chi connectivity index (χ3v) is 3.97. The predicted molar refractivity (Wildman–Crippen MR) is 74.9 cm³/mol. The summed E-state index contributed by atoms with van der Waals surface area (Å²) in [6, 6.07) is 3.49. The van der Waals surface area contributed by atoms with Gasteiger partial charge >= 0.3 is 17.4 Å². The number of carbonyl (C=O) groups is 2. The second-order valence-corrected chi connectivity index (χ2v) is 5.40. The van der Waals surface area contributed by atoms with Gasteiger partial charge in [0.05, 0.1) is 10.5 Å². The summed E-state index contributed by atoms with van der Waals surface area (Å²) in [5, 5.41) is 13.7. The Kier molecular flexibility index (Phi) is 3.24. The first-order valence-electron chi connectivity index (χ1n) is 6.44. The summed E-state index contributed by atoms with van der Waals surface area (Å²) in [6.45, 7) is 5.22. The van der Waals surface area contributed by atoms with Crippen LogP contribution in [0.25, 0.3) is 0 Å². The molecule has 1 aromatic carbocycles. The molecule has 1 aliphatic heterocycles. The van der Waals surface area contributed by atoms with E-state index in [1.165, 1.54) is 14.1 Å². The van der Waals surface area contributed by atoms with Crippen LogP contribution in [0.1, 0.15) is 22.3 Å². The van der Waals surface area contributed by atoms with Crippen molar-refractivity contribution in [3.05, 3.63) is 44.5 Å². The molecule has 0 saturated carbocycles. The average molecular weight is 291 g/mol. The van der Waals surface area contributed by atoms with Gasteiger partial charge in [0.1, 0.15) is 0 Å². The Morgan fingerprint density at radius 2 is 1.38 bits per heavy atom. The highest BCUT2D eigenvalue weighted by molar-refractivity contribution is 6.13. The van der Waals surface area contributed by atoms with E-state index in [-0.39, 0.29) is 5.56 Å². The number of benzene rings is 1. The van der Waals surface area contributed by atoms with Crippen LogP contribution in [-0.2, 0) is 15.1 Å². The number of nitro groups is 1. The molecule has 0 bridgehead atoms. The van der Waals surface area contributed by atoms with Crippen molar-refractivity contribution in [2.45, 2.75) is 26.3 Å². The molecule has 0 N–H and O–H groups in total. The van der Waals surface area contributed by atoms with E-state index < -0.39 is 22.3 Å². The van der Waals surface area contributed by atoms with Crippen molar-refractivity contribution in [1.82, 2.24) is 10.0 Å². The summed E-state index contributed by atoms with van der Waals surface area (Å²) < 4.78 is 0. The maximum Gasteiger partial charge on any atom is 0.403 e. The Labute approximate surface area is 122 Å². The van der Waals surface area contributed by atoms with Crippen LogP contribution in [0.2, 0.25) is 0 Å². The van der Waals surface area contributed by atoms with E-state index >= 15 is 0 Å². The number of rotatable bonds is 2. The molecule has 0 atom stereocenters. The highest BCUT2D eigenvalue weighted by Gasteiger charge is 2.69. The van der Waals surface area contributed by atoms with Crippen LogP contribution >= 0.6 is 0 Å². The van der Waals surface area contributed by atoms with Crippen molar-refractivity contribution in [2.75, 3.05) is 14.1 Å². The number of hydrogen-bond acceptors (Lipinski definition) is 4. The third-order valence-electron chi connectivity index (χ3n) is 3.97. The maximum atomic E-state index is 12.5. The van der Waals surface area contributed by atoms with Crippen molar-refractivity contribution in [3.8, 4) is 0 Å². The Hall–Kier alpha value is -2.44. The summed E-state index contributed by atoms with van der Waals surface area (Å²) in [5.74, 6) is -1.68. The molecular formula is C14H17N3O4. The first kappa shape index (κ1) is 15.0. The van der Waals surface area contributed by atoms with E-state index in [0.29, 0.717) is 11.1 Å². The molecule has 0 aromatic heterocycles. The number of hydrazine groups is 1. The van der Waals surface area contributed by atoms with Gasteiger partial charge in [-0.1, -0.05) is 17.7 Å². The quantitative estimate of drug-likeness (QED) is 0.461. The minimum atomic E-state index is -2.38. The van der Waals surface area contributed by atoms with Gasteiger partial charge in [0.25, 0.3) is 0 Å². The topological polar surface area (TPSA) is 83.8 Å². The molecule has 7 heteroatoms. The molecule has 0 radical (unpaired) electrons. The largest absolute Gasteiger partial charge is 0.403 e. The second-order valence-electron chi connectivity index (χ2n) is 5.40. The molecule has 0 unspecified atom stereocenters. The minimum absolute atomic E-state index is 0.171. The zero-order chi connectivity index (χ0) is 16.1. The predicted octanol–water partition coefficient (Wildman–Crippen LogP) is 0.929. The van der Waals surface area contributed by atoms with Crippen LogP contribution in [0.4, 0.5) is 0 Å². The smallest absolute Gasteiger partial charge is 0.263 e. The van der Waals surface area contributed by atoms with Gasteiger partial charge in [-0.3, -0.25) is 19.7 Å². The fraction of sp³-hybridized carbons (Fsp3) is 0.429. The standard InChI is InChI=1S/C14H17N3O4/c1-8-6-9(2)11(10(3)7-8)14(17(20)21)12(18)15(4)16(5)13(14)19/h6-7H,1-5H3. The van der Waals surface area contributed by atoms with E-state index in [1.807, 2.05) is 6.92 Å². The first-order chi connectivity index (χ1) is 9.65. The number of nitrogens with zero attached hydrogens (tertiary/aromatic N) is 3. The molecule has 1 heterocycles. The van der Waals surface area contributed by atoms with Gasteiger partial charge in [-0.05, 0) is 31.9 Å². The Balaban J connectivity index is 2.87. The summed E-state index contributed by atoms with van der Waals surface area (Å²) >= 11 is 0. The highest BCUT2D eigenvalue weighted by Crippen LogP contribution is 2.38. The number of amides is 2. The maximum absolute atomic E-state index is 12.5. The van der Waals surface area contributed by atoms with Crippen molar-refractivity contribution in [3.63, 3.8) is 0 Å². The third kappa shape index (κ3) is 1.73. The van der Waals surface area contributed by atoms with E-state index in [4.69, 9.17) is 0 Å². The number of aryl methyl sites for hydroxylation is 3. The normalized spacial score (nSPS) is 17.6. The second kappa shape index (κ2) is 4.54. The molecule has 21 heavy (non-hydrogen) atoms. The number of hydrogen-bond donors (Lipinski definition) is 0.